The first-order valence-corrected chi connectivity index (χ1v) is 5.01. The lowest BCUT2D eigenvalue weighted by atomic mass is 10.3. The Hall–Kier alpha value is -1.11. The molecule has 0 spiro atoms. The van der Waals surface area contributed by atoms with Crippen molar-refractivity contribution in [2.45, 2.75) is 0 Å². The van der Waals surface area contributed by atoms with Gasteiger partial charge in [0.15, 0.2) is 0 Å². The van der Waals surface area contributed by atoms with E-state index in [0.29, 0.717) is 5.69 Å². The van der Waals surface area contributed by atoms with Gasteiger partial charge in [0, 0.05) is 11.6 Å². The van der Waals surface area contributed by atoms with E-state index in [-0.39, 0.29) is 0 Å². The van der Waals surface area contributed by atoms with E-state index >= 15 is 0 Å². The molecule has 72 valence electrons. The number of methoxy groups -OCH3 is 1. The summed E-state index contributed by atoms with van der Waals surface area (Å²) in [6.07, 6.45) is 1.65. The molecule has 1 N–H and O–H groups in total. The number of hydrogen-bond acceptors (Lipinski definition) is 3. The number of nitrogens with one attached hydrogen (secondary N) is 1. The number of rotatable bonds is 1. The van der Waals surface area contributed by atoms with Crippen molar-refractivity contribution in [3.8, 4) is 0 Å². The number of halogens is 1. The summed E-state index contributed by atoms with van der Waals surface area (Å²) in [5.74, 6) is -0.420. The minimum atomic E-state index is -0.420. The molecule has 0 amide bonds. The third-order valence-electron chi connectivity index (χ3n) is 1.87. The maximum atomic E-state index is 11.2. The molecule has 2 rings (SSSR count). The second-order valence-electron chi connectivity index (χ2n) is 2.77. The third-order valence-corrected chi connectivity index (χ3v) is 2.45. The zero-order valence-corrected chi connectivity index (χ0v) is 9.53. The van der Waals surface area contributed by atoms with Crippen LogP contribution in [-0.2, 0) is 4.74 Å². The van der Waals surface area contributed by atoms with E-state index < -0.39 is 5.97 Å². The van der Waals surface area contributed by atoms with Gasteiger partial charge in [0.1, 0.15) is 5.69 Å². The average Bonchev–Trinajstić information content (AvgIpc) is 2.55. The highest BCUT2D eigenvalue weighted by Crippen LogP contribution is 2.16. The number of fused-ring (bicyclic) bond motifs is 1. The molecule has 0 aliphatic heterocycles. The summed E-state index contributed by atoms with van der Waals surface area (Å²) in [6.45, 7) is 0. The number of aromatic nitrogens is 2. The number of hydrogen-bond donors (Lipinski definition) is 1. The summed E-state index contributed by atoms with van der Waals surface area (Å²) >= 11 is 2.17. The Morgan fingerprint density at radius 2 is 2.36 bits per heavy atom. The van der Waals surface area contributed by atoms with Crippen LogP contribution >= 0.6 is 22.6 Å². The highest BCUT2D eigenvalue weighted by atomic mass is 127. The first-order valence-electron chi connectivity index (χ1n) is 3.93. The van der Waals surface area contributed by atoms with E-state index in [4.69, 9.17) is 0 Å². The second-order valence-corrected chi connectivity index (χ2v) is 3.93. The fraction of sp³-hybridized carbons (Fsp3) is 0.111. The lowest BCUT2D eigenvalue weighted by Crippen LogP contribution is -2.03. The molecule has 0 radical (unpaired) electrons. The molecule has 14 heavy (non-hydrogen) atoms. The standard InChI is InChI=1S/C9H7IN2O2/c1-14-9(13)7-3-6-5(4-11-7)2-8(10)12-6/h2-4,12H,1H3. The van der Waals surface area contributed by atoms with Crippen LogP contribution in [-0.4, -0.2) is 23.0 Å². The number of esters is 1. The van der Waals surface area contributed by atoms with Crippen molar-refractivity contribution in [2.75, 3.05) is 7.11 Å². The van der Waals surface area contributed by atoms with E-state index in [1.165, 1.54) is 7.11 Å². The highest BCUT2D eigenvalue weighted by Gasteiger charge is 2.08. The first-order chi connectivity index (χ1) is 6.70. The lowest BCUT2D eigenvalue weighted by Gasteiger charge is -1.97. The number of H-pyrrole nitrogens is 1. The van der Waals surface area contributed by atoms with E-state index in [1.54, 1.807) is 12.3 Å². The van der Waals surface area contributed by atoms with Gasteiger partial charge in [-0.15, -0.1) is 0 Å². The Morgan fingerprint density at radius 3 is 3.07 bits per heavy atom. The summed E-state index contributed by atoms with van der Waals surface area (Å²) < 4.78 is 5.59. The Labute approximate surface area is 93.8 Å². The number of pyridine rings is 1. The number of aromatic amines is 1. The van der Waals surface area contributed by atoms with Crippen LogP contribution in [0, 0.1) is 3.70 Å². The monoisotopic (exact) mass is 302 g/mol. The van der Waals surface area contributed by atoms with Gasteiger partial charge in [0.05, 0.1) is 16.3 Å². The molecule has 0 aliphatic carbocycles. The molecule has 0 saturated carbocycles. The zero-order chi connectivity index (χ0) is 10.1. The van der Waals surface area contributed by atoms with E-state index in [2.05, 4.69) is 37.3 Å². The van der Waals surface area contributed by atoms with Gasteiger partial charge in [-0.25, -0.2) is 9.78 Å². The van der Waals surface area contributed by atoms with Gasteiger partial charge in [-0.2, -0.15) is 0 Å². The van der Waals surface area contributed by atoms with Crippen molar-refractivity contribution >= 4 is 39.5 Å². The molecule has 0 saturated heterocycles. The molecule has 0 fully saturated rings. The van der Waals surface area contributed by atoms with Crippen molar-refractivity contribution in [2.24, 2.45) is 0 Å². The van der Waals surface area contributed by atoms with E-state index in [9.17, 15) is 4.79 Å². The second kappa shape index (κ2) is 3.56. The van der Waals surface area contributed by atoms with Gasteiger partial charge < -0.3 is 9.72 Å². The van der Waals surface area contributed by atoms with Crippen LogP contribution < -0.4 is 0 Å². The summed E-state index contributed by atoms with van der Waals surface area (Å²) in [5.41, 5.74) is 1.21. The van der Waals surface area contributed by atoms with Crippen LogP contribution in [0.3, 0.4) is 0 Å². The van der Waals surface area contributed by atoms with Gasteiger partial charge in [-0.1, -0.05) is 0 Å². The quantitative estimate of drug-likeness (QED) is 0.647. The average molecular weight is 302 g/mol. The number of ether oxygens (including phenoxy) is 1. The van der Waals surface area contributed by atoms with Gasteiger partial charge in [-0.3, -0.25) is 0 Å². The fourth-order valence-electron chi connectivity index (χ4n) is 1.21. The van der Waals surface area contributed by atoms with Crippen LogP contribution in [0.2, 0.25) is 0 Å². The van der Waals surface area contributed by atoms with Crippen LogP contribution in [0.15, 0.2) is 18.3 Å². The number of nitrogens with zero attached hydrogens (tertiary/aromatic N) is 1. The minimum Gasteiger partial charge on any atom is -0.464 e. The van der Waals surface area contributed by atoms with Crippen molar-refractivity contribution in [1.82, 2.24) is 9.97 Å². The smallest absolute Gasteiger partial charge is 0.356 e. The Morgan fingerprint density at radius 1 is 1.57 bits per heavy atom. The molecule has 0 unspecified atom stereocenters. The summed E-state index contributed by atoms with van der Waals surface area (Å²) in [6, 6.07) is 3.65. The minimum absolute atomic E-state index is 0.318. The first kappa shape index (κ1) is 9.45. The number of carbonyl (C=O) groups is 1. The molecule has 0 atom stereocenters. The van der Waals surface area contributed by atoms with Gasteiger partial charge >= 0.3 is 5.97 Å². The van der Waals surface area contributed by atoms with Crippen molar-refractivity contribution in [1.29, 1.82) is 0 Å². The molecular formula is C9H7IN2O2. The Bertz CT molecular complexity index is 493. The SMILES string of the molecule is COC(=O)c1cc2[nH]c(I)cc2cn1. The van der Waals surface area contributed by atoms with Crippen molar-refractivity contribution in [3.05, 3.63) is 27.7 Å². The van der Waals surface area contributed by atoms with Gasteiger partial charge in [0.2, 0.25) is 0 Å². The summed E-state index contributed by atoms with van der Waals surface area (Å²) in [5, 5.41) is 0.988. The Kier molecular flexibility index (Phi) is 2.40. The predicted octanol–water partition coefficient (Wildman–Crippen LogP) is 1.95. The number of carbonyl (C=O) groups excluding carboxylic acids is 1. The lowest BCUT2D eigenvalue weighted by molar-refractivity contribution is 0.0594. The Balaban J connectivity index is 2.55. The molecule has 2 aromatic heterocycles. The molecule has 2 heterocycles. The predicted molar refractivity (Wildman–Crippen MR) is 60.2 cm³/mol. The van der Waals surface area contributed by atoms with Crippen molar-refractivity contribution in [3.63, 3.8) is 0 Å². The van der Waals surface area contributed by atoms with Gasteiger partial charge in [-0.05, 0) is 34.7 Å². The molecule has 0 aliphatic rings. The molecule has 4 nitrogen and oxygen atoms in total. The maximum Gasteiger partial charge on any atom is 0.356 e. The molecule has 0 aromatic carbocycles. The highest BCUT2D eigenvalue weighted by molar-refractivity contribution is 14.1. The topological polar surface area (TPSA) is 55.0 Å². The van der Waals surface area contributed by atoms with Crippen LogP contribution in [0.4, 0.5) is 0 Å². The largest absolute Gasteiger partial charge is 0.464 e. The molecule has 0 bridgehead atoms. The third kappa shape index (κ3) is 1.59. The molecule has 2 aromatic rings. The molecule has 5 heteroatoms. The van der Waals surface area contributed by atoms with E-state index in [0.717, 1.165) is 14.6 Å². The van der Waals surface area contributed by atoms with Gasteiger partial charge in [0.25, 0.3) is 0 Å². The summed E-state index contributed by atoms with van der Waals surface area (Å²) in [7, 11) is 1.34. The van der Waals surface area contributed by atoms with Crippen LogP contribution in [0.25, 0.3) is 10.9 Å². The van der Waals surface area contributed by atoms with Crippen molar-refractivity contribution < 1.29 is 9.53 Å². The molecular weight excluding hydrogens is 295 g/mol. The van der Waals surface area contributed by atoms with E-state index in [1.807, 2.05) is 6.07 Å². The van der Waals surface area contributed by atoms with Crippen LogP contribution in [0.5, 0.6) is 0 Å². The zero-order valence-electron chi connectivity index (χ0n) is 7.37. The van der Waals surface area contributed by atoms with Crippen LogP contribution in [0.1, 0.15) is 10.5 Å². The normalized spacial score (nSPS) is 10.4. The maximum absolute atomic E-state index is 11.2. The summed E-state index contributed by atoms with van der Waals surface area (Å²) in [4.78, 5) is 18.3. The fourth-order valence-corrected chi connectivity index (χ4v) is 1.83.